The fourth-order valence-electron chi connectivity index (χ4n) is 2.88. The lowest BCUT2D eigenvalue weighted by molar-refractivity contribution is -0.384. The number of carbonyl (C=O) groups is 1. The van der Waals surface area contributed by atoms with Gasteiger partial charge in [-0.1, -0.05) is 47.2 Å². The van der Waals surface area contributed by atoms with E-state index < -0.39 is 4.92 Å². The van der Waals surface area contributed by atoms with Crippen molar-refractivity contribution in [1.82, 2.24) is 0 Å². The summed E-state index contributed by atoms with van der Waals surface area (Å²) in [4.78, 5) is 25.5. The SMILES string of the molecule is O=C1/C(=C\c2ccc(-c3ccc(Cl)cc3[N+](=O)[O-])o2)SC(=S)N1c1ccc(Br)c(Cl)c1. The monoisotopic (exact) mass is 554 g/mol. The van der Waals surface area contributed by atoms with Crippen molar-refractivity contribution in [3.63, 3.8) is 0 Å². The molecule has 0 bridgehead atoms. The number of hydrogen-bond donors (Lipinski definition) is 0. The number of furan rings is 1. The molecular formula is C20H9BrCl2N2O4S2. The molecule has 0 unspecified atom stereocenters. The van der Waals surface area contributed by atoms with Gasteiger partial charge in [0.2, 0.25) is 0 Å². The normalized spacial score (nSPS) is 15.2. The molecule has 11 heteroatoms. The van der Waals surface area contributed by atoms with Crippen LogP contribution in [0.25, 0.3) is 17.4 Å². The molecule has 1 fully saturated rings. The topological polar surface area (TPSA) is 76.6 Å². The first-order valence-corrected chi connectivity index (χ1v) is 11.3. The number of halogens is 3. The maximum atomic E-state index is 12.9. The summed E-state index contributed by atoms with van der Waals surface area (Å²) in [6, 6.07) is 12.6. The summed E-state index contributed by atoms with van der Waals surface area (Å²) in [5.41, 5.74) is 0.661. The van der Waals surface area contributed by atoms with Crippen molar-refractivity contribution in [3.05, 3.63) is 83.8 Å². The zero-order valence-corrected chi connectivity index (χ0v) is 19.9. The molecule has 0 N–H and O–H groups in total. The third-order valence-electron chi connectivity index (χ3n) is 4.28. The van der Waals surface area contributed by atoms with Crippen molar-refractivity contribution >= 4 is 90.8 Å². The fraction of sp³-hybridized carbons (Fsp3) is 0. The minimum Gasteiger partial charge on any atom is -0.456 e. The molecule has 0 saturated carbocycles. The molecule has 0 radical (unpaired) electrons. The number of thiocarbonyl (C=S) groups is 1. The van der Waals surface area contributed by atoms with Gasteiger partial charge < -0.3 is 4.42 Å². The summed E-state index contributed by atoms with van der Waals surface area (Å²) >= 11 is 21.8. The number of thioether (sulfide) groups is 1. The number of hydrogen-bond acceptors (Lipinski definition) is 6. The van der Waals surface area contributed by atoms with E-state index in [1.54, 1.807) is 42.5 Å². The number of nitrogens with zero attached hydrogens (tertiary/aromatic N) is 2. The van der Waals surface area contributed by atoms with E-state index in [2.05, 4.69) is 15.9 Å². The zero-order valence-electron chi connectivity index (χ0n) is 15.2. The van der Waals surface area contributed by atoms with Crippen molar-refractivity contribution in [2.75, 3.05) is 4.90 Å². The Labute approximate surface area is 204 Å². The summed E-state index contributed by atoms with van der Waals surface area (Å²) < 4.78 is 6.81. The highest BCUT2D eigenvalue weighted by Crippen LogP contribution is 2.39. The van der Waals surface area contributed by atoms with Crippen molar-refractivity contribution in [2.24, 2.45) is 0 Å². The summed E-state index contributed by atoms with van der Waals surface area (Å²) in [5.74, 6) is 0.321. The molecule has 0 spiro atoms. The highest BCUT2D eigenvalue weighted by molar-refractivity contribution is 9.10. The molecule has 1 amide bonds. The first-order chi connectivity index (χ1) is 14.7. The molecule has 1 aliphatic heterocycles. The van der Waals surface area contributed by atoms with E-state index in [0.29, 0.717) is 30.2 Å². The highest BCUT2D eigenvalue weighted by Gasteiger charge is 2.34. The number of benzene rings is 2. The van der Waals surface area contributed by atoms with Crippen molar-refractivity contribution < 1.29 is 14.1 Å². The summed E-state index contributed by atoms with van der Waals surface area (Å²) in [7, 11) is 0. The quantitative estimate of drug-likeness (QED) is 0.145. The minimum absolute atomic E-state index is 0.174. The van der Waals surface area contributed by atoms with Crippen molar-refractivity contribution in [2.45, 2.75) is 0 Å². The second kappa shape index (κ2) is 8.76. The van der Waals surface area contributed by atoms with Gasteiger partial charge in [-0.2, -0.15) is 0 Å². The number of rotatable bonds is 4. The Bertz CT molecular complexity index is 1290. The van der Waals surface area contributed by atoms with Gasteiger partial charge in [0.1, 0.15) is 11.5 Å². The standard InChI is InChI=1S/C20H9BrCl2N2O4S2/c21-14-5-2-11(8-15(14)23)24-19(26)18(31-20(24)30)9-12-3-6-17(29-12)13-4-1-10(22)7-16(13)25(27)28/h1-9H/b18-9+. The van der Waals surface area contributed by atoms with Gasteiger partial charge in [-0.05, 0) is 58.4 Å². The van der Waals surface area contributed by atoms with Gasteiger partial charge in [-0.15, -0.1) is 0 Å². The Morgan fingerprint density at radius 1 is 1.16 bits per heavy atom. The predicted octanol–water partition coefficient (Wildman–Crippen LogP) is 7.33. The number of nitro benzene ring substituents is 1. The Hall–Kier alpha value is -2.17. The molecule has 0 aliphatic carbocycles. The summed E-state index contributed by atoms with van der Waals surface area (Å²) in [6.45, 7) is 0. The van der Waals surface area contributed by atoms with E-state index in [1.807, 2.05) is 0 Å². The maximum Gasteiger partial charge on any atom is 0.281 e. The Morgan fingerprint density at radius 3 is 2.65 bits per heavy atom. The summed E-state index contributed by atoms with van der Waals surface area (Å²) in [5, 5.41) is 12.0. The van der Waals surface area contributed by atoms with E-state index >= 15 is 0 Å². The minimum atomic E-state index is -0.530. The largest absolute Gasteiger partial charge is 0.456 e. The zero-order chi connectivity index (χ0) is 22.3. The van der Waals surface area contributed by atoms with E-state index in [1.165, 1.54) is 17.0 Å². The fourth-order valence-corrected chi connectivity index (χ4v) is 4.75. The van der Waals surface area contributed by atoms with E-state index in [9.17, 15) is 14.9 Å². The van der Waals surface area contributed by atoms with Crippen LogP contribution >= 0.6 is 63.1 Å². The third kappa shape index (κ3) is 4.42. The van der Waals surface area contributed by atoms with Crippen LogP contribution in [-0.4, -0.2) is 15.2 Å². The molecule has 4 rings (SSSR count). The third-order valence-corrected chi connectivity index (χ3v) is 7.05. The molecule has 2 aromatic carbocycles. The van der Waals surface area contributed by atoms with Crippen LogP contribution in [0.4, 0.5) is 11.4 Å². The van der Waals surface area contributed by atoms with Crippen LogP contribution < -0.4 is 4.90 Å². The molecule has 1 saturated heterocycles. The van der Waals surface area contributed by atoms with Crippen LogP contribution in [0, 0.1) is 10.1 Å². The number of anilines is 1. The first-order valence-electron chi connectivity index (χ1n) is 8.52. The van der Waals surface area contributed by atoms with E-state index in [4.69, 9.17) is 39.8 Å². The maximum absolute atomic E-state index is 12.9. The molecule has 0 atom stereocenters. The van der Waals surface area contributed by atoms with Crippen LogP contribution in [0.3, 0.4) is 0 Å². The smallest absolute Gasteiger partial charge is 0.281 e. The molecule has 156 valence electrons. The van der Waals surface area contributed by atoms with Crippen LogP contribution in [0.1, 0.15) is 5.76 Å². The van der Waals surface area contributed by atoms with Gasteiger partial charge in [0.15, 0.2) is 4.32 Å². The van der Waals surface area contributed by atoms with Gasteiger partial charge in [-0.3, -0.25) is 19.8 Å². The molecular weight excluding hydrogens is 547 g/mol. The molecule has 6 nitrogen and oxygen atoms in total. The second-order valence-electron chi connectivity index (χ2n) is 6.24. The van der Waals surface area contributed by atoms with Crippen LogP contribution in [0.5, 0.6) is 0 Å². The van der Waals surface area contributed by atoms with Crippen LogP contribution in [0.15, 0.2) is 62.3 Å². The molecule has 31 heavy (non-hydrogen) atoms. The van der Waals surface area contributed by atoms with Crippen LogP contribution in [0.2, 0.25) is 10.0 Å². The lowest BCUT2D eigenvalue weighted by Gasteiger charge is -2.15. The van der Waals surface area contributed by atoms with Gasteiger partial charge in [0.05, 0.1) is 26.1 Å². The number of nitro groups is 1. The second-order valence-corrected chi connectivity index (χ2v) is 9.61. The number of carbonyl (C=O) groups excluding carboxylic acids is 1. The average Bonchev–Trinajstić information content (AvgIpc) is 3.28. The first kappa shape index (κ1) is 22.0. The lowest BCUT2D eigenvalue weighted by Crippen LogP contribution is -2.27. The van der Waals surface area contributed by atoms with Crippen molar-refractivity contribution in [1.29, 1.82) is 0 Å². The Morgan fingerprint density at radius 2 is 1.94 bits per heavy atom. The molecule has 1 aliphatic rings. The average molecular weight is 556 g/mol. The van der Waals surface area contributed by atoms with Gasteiger partial charge in [0, 0.05) is 21.6 Å². The Kier molecular flexibility index (Phi) is 6.23. The Balaban J connectivity index is 1.64. The van der Waals surface area contributed by atoms with E-state index in [-0.39, 0.29) is 27.9 Å². The lowest BCUT2D eigenvalue weighted by atomic mass is 10.1. The van der Waals surface area contributed by atoms with Crippen molar-refractivity contribution in [3.8, 4) is 11.3 Å². The molecule has 1 aromatic heterocycles. The highest BCUT2D eigenvalue weighted by atomic mass is 79.9. The van der Waals surface area contributed by atoms with Crippen LogP contribution in [-0.2, 0) is 4.79 Å². The molecule has 3 aromatic rings. The van der Waals surface area contributed by atoms with Gasteiger partial charge in [0.25, 0.3) is 11.6 Å². The number of amides is 1. The van der Waals surface area contributed by atoms with Gasteiger partial charge >= 0.3 is 0 Å². The molecule has 2 heterocycles. The predicted molar refractivity (Wildman–Crippen MR) is 131 cm³/mol. The summed E-state index contributed by atoms with van der Waals surface area (Å²) in [6.07, 6.45) is 1.55. The van der Waals surface area contributed by atoms with E-state index in [0.717, 1.165) is 11.8 Å². The van der Waals surface area contributed by atoms with Gasteiger partial charge in [-0.25, -0.2) is 0 Å².